The number of hydrogen-bond acceptors (Lipinski definition) is 0. The van der Waals surface area contributed by atoms with Crippen LogP contribution in [-0.2, 0) is 0 Å². The Balaban J connectivity index is 2.51. The first-order valence-corrected chi connectivity index (χ1v) is 5.97. The predicted octanol–water partition coefficient (Wildman–Crippen LogP) is 4.23. The molecule has 1 fully saturated rings. The summed E-state index contributed by atoms with van der Waals surface area (Å²) in [7, 11) is 0. The van der Waals surface area contributed by atoms with Crippen LogP contribution in [0.4, 0.5) is 0 Å². The summed E-state index contributed by atoms with van der Waals surface area (Å²) < 4.78 is 0. The summed E-state index contributed by atoms with van der Waals surface area (Å²) in [4.78, 5) is 0.774. The zero-order chi connectivity index (χ0) is 9.35. The Labute approximate surface area is 85.3 Å². The minimum absolute atomic E-state index is 0.515. The Hall–Kier alpha value is 0.480. The number of halogens is 1. The topological polar surface area (TPSA) is 0 Å². The molecule has 72 valence electrons. The molecule has 0 radical (unpaired) electrons. The number of rotatable bonds is 0. The molecule has 0 aromatic heterocycles. The molecule has 3 unspecified atom stereocenters. The molecule has 1 heteroatoms. The normalized spacial score (nSPS) is 38.2. The lowest BCUT2D eigenvalue weighted by Gasteiger charge is -2.38. The maximum Gasteiger partial charge on any atom is 0.0171 e. The third-order valence-corrected chi connectivity index (χ3v) is 4.65. The summed E-state index contributed by atoms with van der Waals surface area (Å²) in [5.74, 6) is 1.80. The largest absolute Gasteiger partial charge is 0.0888 e. The Morgan fingerprint density at radius 3 is 2.17 bits per heavy atom. The van der Waals surface area contributed by atoms with E-state index in [-0.39, 0.29) is 0 Å². The molecule has 1 aliphatic carbocycles. The van der Waals surface area contributed by atoms with Gasteiger partial charge in [0.15, 0.2) is 0 Å². The first-order valence-electron chi connectivity index (χ1n) is 5.05. The molecule has 3 atom stereocenters. The van der Waals surface area contributed by atoms with Crippen LogP contribution in [0, 0.1) is 17.3 Å². The van der Waals surface area contributed by atoms with Gasteiger partial charge in [-0.1, -0.05) is 43.6 Å². The molecular formula is C11H21Br. The average molecular weight is 233 g/mol. The summed E-state index contributed by atoms with van der Waals surface area (Å²) >= 11 is 3.75. The van der Waals surface area contributed by atoms with E-state index < -0.39 is 0 Å². The molecule has 0 nitrogen and oxygen atoms in total. The lowest BCUT2D eigenvalue weighted by Crippen LogP contribution is -2.30. The van der Waals surface area contributed by atoms with Crippen LogP contribution in [0.1, 0.15) is 47.0 Å². The van der Waals surface area contributed by atoms with E-state index >= 15 is 0 Å². The molecule has 0 bridgehead atoms. The Kier molecular flexibility index (Phi) is 3.25. The van der Waals surface area contributed by atoms with Gasteiger partial charge in [-0.25, -0.2) is 0 Å². The monoisotopic (exact) mass is 232 g/mol. The fraction of sp³-hybridized carbons (Fsp3) is 1.00. The average Bonchev–Trinajstić information content (AvgIpc) is 1.92. The second-order valence-corrected chi connectivity index (χ2v) is 6.55. The van der Waals surface area contributed by atoms with Gasteiger partial charge in [0.2, 0.25) is 0 Å². The van der Waals surface area contributed by atoms with Crippen LogP contribution in [0.3, 0.4) is 0 Å². The van der Waals surface area contributed by atoms with Gasteiger partial charge < -0.3 is 0 Å². The third kappa shape index (κ3) is 2.48. The molecule has 0 saturated heterocycles. The van der Waals surface area contributed by atoms with E-state index in [4.69, 9.17) is 0 Å². The van der Waals surface area contributed by atoms with Crippen LogP contribution in [0.25, 0.3) is 0 Å². The lowest BCUT2D eigenvalue weighted by molar-refractivity contribution is 0.153. The van der Waals surface area contributed by atoms with Gasteiger partial charge in [0, 0.05) is 4.83 Å². The van der Waals surface area contributed by atoms with Crippen LogP contribution in [0.5, 0.6) is 0 Å². The highest BCUT2D eigenvalue weighted by Gasteiger charge is 2.32. The molecule has 0 aromatic rings. The highest BCUT2D eigenvalue weighted by atomic mass is 79.9. The summed E-state index contributed by atoms with van der Waals surface area (Å²) in [5.41, 5.74) is 0.515. The molecule has 0 spiro atoms. The van der Waals surface area contributed by atoms with Gasteiger partial charge in [-0.3, -0.25) is 0 Å². The van der Waals surface area contributed by atoms with Crippen molar-refractivity contribution in [2.24, 2.45) is 17.3 Å². The second kappa shape index (κ2) is 3.69. The highest BCUT2D eigenvalue weighted by molar-refractivity contribution is 9.09. The van der Waals surface area contributed by atoms with Gasteiger partial charge in [-0.2, -0.15) is 0 Å². The van der Waals surface area contributed by atoms with Crippen LogP contribution in [-0.4, -0.2) is 4.83 Å². The van der Waals surface area contributed by atoms with Crippen molar-refractivity contribution < 1.29 is 0 Å². The van der Waals surface area contributed by atoms with Gasteiger partial charge >= 0.3 is 0 Å². The zero-order valence-electron chi connectivity index (χ0n) is 8.73. The number of alkyl halides is 1. The van der Waals surface area contributed by atoms with Crippen LogP contribution in [0.15, 0.2) is 0 Å². The molecule has 12 heavy (non-hydrogen) atoms. The molecule has 1 rings (SSSR count). The summed E-state index contributed by atoms with van der Waals surface area (Å²) in [5, 5.41) is 0. The fourth-order valence-electron chi connectivity index (χ4n) is 2.15. The van der Waals surface area contributed by atoms with Gasteiger partial charge in [-0.05, 0) is 36.5 Å². The van der Waals surface area contributed by atoms with Crippen LogP contribution in [0.2, 0.25) is 0 Å². The van der Waals surface area contributed by atoms with Crippen molar-refractivity contribution in [1.82, 2.24) is 0 Å². The molecule has 0 heterocycles. The first-order chi connectivity index (χ1) is 5.41. The van der Waals surface area contributed by atoms with E-state index in [2.05, 4.69) is 43.6 Å². The van der Waals surface area contributed by atoms with Gasteiger partial charge in [0.1, 0.15) is 0 Å². The Morgan fingerprint density at radius 2 is 1.75 bits per heavy atom. The minimum atomic E-state index is 0.515. The van der Waals surface area contributed by atoms with E-state index in [1.165, 1.54) is 19.3 Å². The van der Waals surface area contributed by atoms with E-state index in [9.17, 15) is 0 Å². The first kappa shape index (κ1) is 10.6. The van der Waals surface area contributed by atoms with Crippen molar-refractivity contribution in [3.8, 4) is 0 Å². The third-order valence-electron chi connectivity index (χ3n) is 3.29. The maximum absolute atomic E-state index is 3.75. The number of hydrogen-bond donors (Lipinski definition) is 0. The fourth-order valence-corrected chi connectivity index (χ4v) is 2.63. The molecule has 0 amide bonds. The van der Waals surface area contributed by atoms with Crippen molar-refractivity contribution >= 4 is 15.9 Å². The SMILES string of the molecule is CC1CC(C(C)(C)C)CCC1Br. The van der Waals surface area contributed by atoms with Gasteiger partial charge in [0.25, 0.3) is 0 Å². The van der Waals surface area contributed by atoms with E-state index in [1.54, 1.807) is 0 Å². The summed E-state index contributed by atoms with van der Waals surface area (Å²) in [6.45, 7) is 9.49. The summed E-state index contributed by atoms with van der Waals surface area (Å²) in [6, 6.07) is 0. The molecule has 1 aliphatic rings. The van der Waals surface area contributed by atoms with Crippen molar-refractivity contribution in [3.63, 3.8) is 0 Å². The van der Waals surface area contributed by atoms with E-state index in [1.807, 2.05) is 0 Å². The van der Waals surface area contributed by atoms with Crippen LogP contribution >= 0.6 is 15.9 Å². The lowest BCUT2D eigenvalue weighted by atomic mass is 9.69. The molecule has 0 N–H and O–H groups in total. The van der Waals surface area contributed by atoms with Crippen molar-refractivity contribution in [2.75, 3.05) is 0 Å². The maximum atomic E-state index is 3.75. The van der Waals surface area contributed by atoms with Crippen molar-refractivity contribution in [3.05, 3.63) is 0 Å². The van der Waals surface area contributed by atoms with Gasteiger partial charge in [-0.15, -0.1) is 0 Å². The standard InChI is InChI=1S/C11H21Br/c1-8-7-9(11(2,3)4)5-6-10(8)12/h8-10H,5-7H2,1-4H3. The Bertz CT molecular complexity index is 146. The van der Waals surface area contributed by atoms with E-state index in [0.717, 1.165) is 16.7 Å². The molecule has 0 aromatic carbocycles. The van der Waals surface area contributed by atoms with Crippen LogP contribution < -0.4 is 0 Å². The zero-order valence-corrected chi connectivity index (χ0v) is 10.3. The molecule has 1 saturated carbocycles. The second-order valence-electron chi connectivity index (χ2n) is 5.37. The smallest absolute Gasteiger partial charge is 0.0171 e. The van der Waals surface area contributed by atoms with E-state index in [0.29, 0.717) is 5.41 Å². The van der Waals surface area contributed by atoms with Crippen molar-refractivity contribution in [2.45, 2.75) is 51.8 Å². The minimum Gasteiger partial charge on any atom is -0.0888 e. The highest BCUT2D eigenvalue weighted by Crippen LogP contribution is 2.42. The van der Waals surface area contributed by atoms with Crippen molar-refractivity contribution in [1.29, 1.82) is 0 Å². The molecular weight excluding hydrogens is 212 g/mol. The Morgan fingerprint density at radius 1 is 1.17 bits per heavy atom. The quantitative estimate of drug-likeness (QED) is 0.549. The van der Waals surface area contributed by atoms with Gasteiger partial charge in [0.05, 0.1) is 0 Å². The molecule has 0 aliphatic heterocycles. The summed E-state index contributed by atoms with van der Waals surface area (Å²) in [6.07, 6.45) is 4.17. The predicted molar refractivity (Wildman–Crippen MR) is 58.7 cm³/mol.